The fourth-order valence-corrected chi connectivity index (χ4v) is 4.69. The molecule has 2 N–H and O–H groups in total. The molecular formula is C24H24ClN5O3S. The number of carbonyl (C=O) groups is 1. The van der Waals surface area contributed by atoms with Crippen LogP contribution in [0.2, 0.25) is 5.02 Å². The number of allylic oxidation sites excluding steroid dienone is 1. The van der Waals surface area contributed by atoms with Gasteiger partial charge in [-0.05, 0) is 54.6 Å². The van der Waals surface area contributed by atoms with Crippen LogP contribution in [0.3, 0.4) is 0 Å². The second-order valence-electron chi connectivity index (χ2n) is 7.88. The third kappa shape index (κ3) is 4.45. The van der Waals surface area contributed by atoms with Crippen LogP contribution in [-0.2, 0) is 4.79 Å². The van der Waals surface area contributed by atoms with E-state index in [1.54, 1.807) is 40.7 Å². The Labute approximate surface area is 206 Å². The van der Waals surface area contributed by atoms with Gasteiger partial charge in [0.1, 0.15) is 6.04 Å². The Kier molecular flexibility index (Phi) is 6.38. The van der Waals surface area contributed by atoms with Crippen LogP contribution in [0.25, 0.3) is 0 Å². The maximum atomic E-state index is 13.6. The zero-order valence-corrected chi connectivity index (χ0v) is 20.4. The SMILES string of the molecule is CCSc1nc2n(n1)C(c1ccc3c(c1)OCCCO3)C(C(=O)Nc1ccc(Cl)cc1)=C(C)N2. The lowest BCUT2D eigenvalue weighted by molar-refractivity contribution is -0.113. The number of anilines is 2. The van der Waals surface area contributed by atoms with Gasteiger partial charge in [0.25, 0.3) is 5.91 Å². The third-order valence-electron chi connectivity index (χ3n) is 5.54. The standard InChI is InChI=1S/C24H24ClN5O3S/c1-3-34-24-28-23-26-14(2)20(22(31)27-17-8-6-16(25)7-9-17)21(30(23)29-24)15-5-10-18-19(13-15)33-12-4-11-32-18/h5-10,13,21H,3-4,11-12H2,1-2H3,(H,27,31)(H,26,28,29). The summed E-state index contributed by atoms with van der Waals surface area (Å²) >= 11 is 7.55. The number of carbonyl (C=O) groups excluding carboxylic acids is 1. The van der Waals surface area contributed by atoms with Crippen LogP contribution in [0.1, 0.15) is 31.9 Å². The lowest BCUT2D eigenvalue weighted by Gasteiger charge is -2.29. The predicted octanol–water partition coefficient (Wildman–Crippen LogP) is 5.13. The molecule has 0 saturated carbocycles. The minimum Gasteiger partial charge on any atom is -0.490 e. The zero-order valence-electron chi connectivity index (χ0n) is 18.8. The van der Waals surface area contributed by atoms with E-state index >= 15 is 0 Å². The number of hydrogen-bond acceptors (Lipinski definition) is 7. The molecule has 0 aliphatic carbocycles. The fraction of sp³-hybridized carbons (Fsp3) is 0.292. The topological polar surface area (TPSA) is 90.3 Å². The van der Waals surface area contributed by atoms with Crippen LogP contribution in [0.5, 0.6) is 11.5 Å². The number of halogens is 1. The van der Waals surface area contributed by atoms with Crippen LogP contribution in [0, 0.1) is 0 Å². The van der Waals surface area contributed by atoms with E-state index in [1.807, 2.05) is 32.0 Å². The predicted molar refractivity (Wildman–Crippen MR) is 133 cm³/mol. The molecule has 2 aliphatic heterocycles. The fourth-order valence-electron chi connectivity index (χ4n) is 4.01. The van der Waals surface area contributed by atoms with Crippen molar-refractivity contribution in [2.45, 2.75) is 31.5 Å². The zero-order chi connectivity index (χ0) is 23.7. The molecular weight excluding hydrogens is 474 g/mol. The van der Waals surface area contributed by atoms with Gasteiger partial charge >= 0.3 is 0 Å². The molecule has 3 heterocycles. The van der Waals surface area contributed by atoms with Crippen LogP contribution in [-0.4, -0.2) is 39.6 Å². The molecule has 2 aliphatic rings. The largest absolute Gasteiger partial charge is 0.490 e. The molecule has 0 fully saturated rings. The van der Waals surface area contributed by atoms with E-state index in [0.717, 1.165) is 17.7 Å². The number of nitrogens with one attached hydrogen (secondary N) is 2. The van der Waals surface area contributed by atoms with Gasteiger partial charge < -0.3 is 20.1 Å². The minimum atomic E-state index is -0.501. The summed E-state index contributed by atoms with van der Waals surface area (Å²) in [6.45, 7) is 5.11. The number of amides is 1. The number of aromatic nitrogens is 3. The summed E-state index contributed by atoms with van der Waals surface area (Å²) in [5, 5.41) is 12.2. The second kappa shape index (κ2) is 9.60. The highest BCUT2D eigenvalue weighted by Gasteiger charge is 2.35. The average molecular weight is 498 g/mol. The van der Waals surface area contributed by atoms with Crippen LogP contribution in [0.15, 0.2) is 58.9 Å². The first-order valence-corrected chi connectivity index (χ1v) is 12.4. The van der Waals surface area contributed by atoms with Gasteiger partial charge in [-0.2, -0.15) is 4.98 Å². The number of hydrogen-bond donors (Lipinski definition) is 2. The molecule has 0 spiro atoms. The number of benzene rings is 2. The Hall–Kier alpha value is -3.17. The van der Waals surface area contributed by atoms with E-state index < -0.39 is 6.04 Å². The lowest BCUT2D eigenvalue weighted by Crippen LogP contribution is -2.31. The number of rotatable bonds is 5. The molecule has 1 unspecified atom stereocenters. The summed E-state index contributed by atoms with van der Waals surface area (Å²) in [5.74, 6) is 2.55. The smallest absolute Gasteiger partial charge is 0.255 e. The monoisotopic (exact) mass is 497 g/mol. The molecule has 8 nitrogen and oxygen atoms in total. The molecule has 0 saturated heterocycles. The van der Waals surface area contributed by atoms with E-state index in [2.05, 4.69) is 15.6 Å². The molecule has 2 aromatic carbocycles. The first-order valence-electron chi connectivity index (χ1n) is 11.1. The Morgan fingerprint density at radius 2 is 1.97 bits per heavy atom. The van der Waals surface area contributed by atoms with Gasteiger partial charge in [0.15, 0.2) is 11.5 Å². The van der Waals surface area contributed by atoms with Crippen LogP contribution in [0.4, 0.5) is 11.6 Å². The molecule has 1 aromatic heterocycles. The van der Waals surface area contributed by atoms with Gasteiger partial charge in [-0.15, -0.1) is 5.10 Å². The average Bonchev–Trinajstić information content (AvgIpc) is 3.06. The second-order valence-corrected chi connectivity index (χ2v) is 9.55. The van der Waals surface area contributed by atoms with Gasteiger partial charge in [-0.25, -0.2) is 4.68 Å². The highest BCUT2D eigenvalue weighted by molar-refractivity contribution is 7.99. The summed E-state index contributed by atoms with van der Waals surface area (Å²) < 4.78 is 13.5. The maximum absolute atomic E-state index is 13.6. The van der Waals surface area contributed by atoms with E-state index in [4.69, 9.17) is 26.2 Å². The van der Waals surface area contributed by atoms with Crippen molar-refractivity contribution in [2.75, 3.05) is 29.6 Å². The molecule has 0 radical (unpaired) electrons. The maximum Gasteiger partial charge on any atom is 0.255 e. The highest BCUT2D eigenvalue weighted by Crippen LogP contribution is 2.40. The van der Waals surface area contributed by atoms with Crippen molar-refractivity contribution < 1.29 is 14.3 Å². The minimum absolute atomic E-state index is 0.240. The normalized spacial score (nSPS) is 17.0. The van der Waals surface area contributed by atoms with E-state index in [9.17, 15) is 4.79 Å². The lowest BCUT2D eigenvalue weighted by atomic mass is 9.94. The first-order chi connectivity index (χ1) is 16.5. The van der Waals surface area contributed by atoms with Crippen LogP contribution < -0.4 is 20.1 Å². The Bertz CT molecular complexity index is 1260. The molecule has 0 bridgehead atoms. The van der Waals surface area contributed by atoms with E-state index in [-0.39, 0.29) is 5.91 Å². The highest BCUT2D eigenvalue weighted by atomic mass is 35.5. The third-order valence-corrected chi connectivity index (χ3v) is 6.51. The van der Waals surface area contributed by atoms with E-state index in [1.165, 1.54) is 0 Å². The van der Waals surface area contributed by atoms with Crippen molar-refractivity contribution in [3.8, 4) is 11.5 Å². The molecule has 10 heteroatoms. The van der Waals surface area contributed by atoms with Crippen molar-refractivity contribution in [1.82, 2.24) is 14.8 Å². The van der Waals surface area contributed by atoms with Crippen molar-refractivity contribution in [1.29, 1.82) is 0 Å². The van der Waals surface area contributed by atoms with Crippen molar-refractivity contribution in [3.63, 3.8) is 0 Å². The van der Waals surface area contributed by atoms with Crippen molar-refractivity contribution in [3.05, 3.63) is 64.3 Å². The molecule has 1 atom stereocenters. The summed E-state index contributed by atoms with van der Waals surface area (Å²) in [4.78, 5) is 18.2. The first kappa shape index (κ1) is 22.6. The molecule has 176 valence electrons. The summed E-state index contributed by atoms with van der Waals surface area (Å²) in [6, 6.07) is 12.3. The van der Waals surface area contributed by atoms with E-state index in [0.29, 0.717) is 57.8 Å². The Morgan fingerprint density at radius 1 is 1.21 bits per heavy atom. The summed E-state index contributed by atoms with van der Waals surface area (Å²) in [6.07, 6.45) is 0.815. The molecule has 34 heavy (non-hydrogen) atoms. The van der Waals surface area contributed by atoms with Crippen molar-refractivity contribution >= 4 is 40.9 Å². The van der Waals surface area contributed by atoms with Gasteiger partial charge in [0, 0.05) is 22.8 Å². The van der Waals surface area contributed by atoms with Gasteiger partial charge in [-0.1, -0.05) is 36.4 Å². The summed E-state index contributed by atoms with van der Waals surface area (Å²) in [5.41, 5.74) is 2.75. The molecule has 5 rings (SSSR count). The van der Waals surface area contributed by atoms with Gasteiger partial charge in [0.2, 0.25) is 11.1 Å². The Morgan fingerprint density at radius 3 is 2.74 bits per heavy atom. The van der Waals surface area contributed by atoms with Crippen molar-refractivity contribution in [2.24, 2.45) is 0 Å². The van der Waals surface area contributed by atoms with Gasteiger partial charge in [-0.3, -0.25) is 4.79 Å². The number of nitrogens with zero attached hydrogens (tertiary/aromatic N) is 3. The number of thioether (sulfide) groups is 1. The quantitative estimate of drug-likeness (QED) is 0.472. The van der Waals surface area contributed by atoms with Gasteiger partial charge in [0.05, 0.1) is 18.8 Å². The Balaban J connectivity index is 1.57. The molecule has 3 aromatic rings. The number of fused-ring (bicyclic) bond motifs is 2. The molecule has 1 amide bonds. The summed E-state index contributed by atoms with van der Waals surface area (Å²) in [7, 11) is 0. The van der Waals surface area contributed by atoms with Crippen LogP contribution >= 0.6 is 23.4 Å². The number of ether oxygens (including phenoxy) is 2.